The largest absolute Gasteiger partial charge is 0.424 e. The second kappa shape index (κ2) is 11.4. The fourth-order valence-electron chi connectivity index (χ4n) is 4.72. The third-order valence-electron chi connectivity index (χ3n) is 6.65. The maximum absolute atomic E-state index is 14.5. The number of fused-ring (bicyclic) bond motifs is 1. The van der Waals surface area contributed by atoms with Gasteiger partial charge >= 0.3 is 6.01 Å². The molecule has 0 radical (unpaired) electrons. The number of halogens is 3. The quantitative estimate of drug-likeness (QED) is 0.315. The molecule has 2 unspecified atom stereocenters. The maximum Gasteiger partial charge on any atom is 0.321 e. The Bertz CT molecular complexity index is 1600. The summed E-state index contributed by atoms with van der Waals surface area (Å²) in [5.41, 5.74) is 1.09. The topological polar surface area (TPSA) is 106 Å². The first kappa shape index (κ1) is 27.2. The minimum absolute atomic E-state index is 0.0815. The summed E-state index contributed by atoms with van der Waals surface area (Å²) in [5.74, 6) is -1.59. The average molecular weight is 568 g/mol. The molecule has 1 aliphatic rings. The molecule has 2 amide bonds. The molecule has 4 aromatic rings. The van der Waals surface area contributed by atoms with Gasteiger partial charge in [-0.3, -0.25) is 14.4 Å². The highest BCUT2D eigenvalue weighted by Crippen LogP contribution is 2.29. The third kappa shape index (κ3) is 5.64. The number of nitrogens with one attached hydrogen (secondary N) is 1. The summed E-state index contributed by atoms with van der Waals surface area (Å²) >= 11 is 5.80. The monoisotopic (exact) mass is 567 g/mol. The van der Waals surface area contributed by atoms with Crippen molar-refractivity contribution in [2.75, 3.05) is 6.54 Å². The molecule has 0 saturated carbocycles. The smallest absolute Gasteiger partial charge is 0.321 e. The first-order valence-electron chi connectivity index (χ1n) is 12.4. The first-order valence-corrected chi connectivity index (χ1v) is 12.8. The highest BCUT2D eigenvalue weighted by molar-refractivity contribution is 6.30. The zero-order chi connectivity index (χ0) is 28.4. The van der Waals surface area contributed by atoms with Gasteiger partial charge in [0.05, 0.1) is 17.1 Å². The Morgan fingerprint density at radius 2 is 1.93 bits per heavy atom. The predicted octanol–water partition coefficient (Wildman–Crippen LogP) is 4.47. The van der Waals surface area contributed by atoms with Gasteiger partial charge in [-0.2, -0.15) is 0 Å². The van der Waals surface area contributed by atoms with Gasteiger partial charge in [0, 0.05) is 54.1 Å². The molecule has 1 fully saturated rings. The lowest BCUT2D eigenvalue weighted by Gasteiger charge is -2.24. The van der Waals surface area contributed by atoms with Crippen LogP contribution in [0.2, 0.25) is 5.02 Å². The number of alkyl halides is 1. The van der Waals surface area contributed by atoms with Gasteiger partial charge in [-0.25, -0.2) is 18.7 Å². The molecule has 40 heavy (non-hydrogen) atoms. The van der Waals surface area contributed by atoms with Gasteiger partial charge in [0.1, 0.15) is 30.3 Å². The van der Waals surface area contributed by atoms with E-state index in [1.807, 2.05) is 0 Å². The number of ketones is 1. The van der Waals surface area contributed by atoms with Crippen molar-refractivity contribution in [3.8, 4) is 11.8 Å². The van der Waals surface area contributed by atoms with Gasteiger partial charge < -0.3 is 19.5 Å². The molecule has 12 heteroatoms. The van der Waals surface area contributed by atoms with Crippen molar-refractivity contribution in [1.29, 1.82) is 0 Å². The number of aromatic nitrogens is 3. The van der Waals surface area contributed by atoms with E-state index in [0.717, 1.165) is 0 Å². The Morgan fingerprint density at radius 1 is 1.15 bits per heavy atom. The molecule has 9 nitrogen and oxygen atoms in total. The molecule has 2 aromatic heterocycles. The van der Waals surface area contributed by atoms with E-state index in [1.54, 1.807) is 41.1 Å². The molecular weight excluding hydrogens is 544 g/mol. The van der Waals surface area contributed by atoms with Crippen LogP contribution in [0.15, 0.2) is 61.1 Å². The number of nitrogens with zero attached hydrogens (tertiary/aromatic N) is 4. The van der Waals surface area contributed by atoms with Crippen LogP contribution in [0.25, 0.3) is 10.9 Å². The number of Topliss-reactive ketones (excluding diaryl/α,β-unsaturated/α-hetero) is 1. The van der Waals surface area contributed by atoms with E-state index in [9.17, 15) is 23.2 Å². The van der Waals surface area contributed by atoms with Crippen molar-refractivity contribution in [2.24, 2.45) is 0 Å². The Kier molecular flexibility index (Phi) is 7.74. The van der Waals surface area contributed by atoms with Gasteiger partial charge in [-0.1, -0.05) is 23.7 Å². The maximum atomic E-state index is 14.5. The molecule has 5 rings (SSSR count). The van der Waals surface area contributed by atoms with E-state index in [4.69, 9.17) is 16.3 Å². The normalized spacial score (nSPS) is 16.8. The third-order valence-corrected chi connectivity index (χ3v) is 6.94. The SMILES string of the molecule is CC(=O)c1cn(CC(=O)N2CC(F)CC2C(=O)NCc2cccc(Cl)c2F)c2cc(Oc3ncccn3)ccc12. The van der Waals surface area contributed by atoms with Crippen LogP contribution in [-0.4, -0.2) is 55.8 Å². The molecule has 1 saturated heterocycles. The van der Waals surface area contributed by atoms with Crippen LogP contribution in [0.3, 0.4) is 0 Å². The molecule has 1 aliphatic heterocycles. The van der Waals surface area contributed by atoms with Gasteiger partial charge in [0.2, 0.25) is 11.8 Å². The average Bonchev–Trinajstić information content (AvgIpc) is 3.50. The molecule has 1 N–H and O–H groups in total. The molecule has 2 atom stereocenters. The van der Waals surface area contributed by atoms with Crippen molar-refractivity contribution >= 4 is 40.1 Å². The van der Waals surface area contributed by atoms with Gasteiger partial charge in [0.25, 0.3) is 0 Å². The predicted molar refractivity (Wildman–Crippen MR) is 142 cm³/mol. The number of amides is 2. The zero-order valence-electron chi connectivity index (χ0n) is 21.3. The summed E-state index contributed by atoms with van der Waals surface area (Å²) in [4.78, 5) is 47.9. The van der Waals surface area contributed by atoms with Gasteiger partial charge in [-0.05, 0) is 31.2 Å². The second-order valence-electron chi connectivity index (χ2n) is 9.36. The lowest BCUT2D eigenvalue weighted by Crippen LogP contribution is -2.46. The summed E-state index contributed by atoms with van der Waals surface area (Å²) in [7, 11) is 0. The van der Waals surface area contributed by atoms with Crippen LogP contribution >= 0.6 is 11.6 Å². The Balaban J connectivity index is 1.36. The molecule has 206 valence electrons. The molecule has 0 aliphatic carbocycles. The summed E-state index contributed by atoms with van der Waals surface area (Å²) in [6, 6.07) is 10.1. The van der Waals surface area contributed by atoms with Crippen LogP contribution in [0, 0.1) is 5.82 Å². The van der Waals surface area contributed by atoms with Crippen molar-refractivity contribution in [3.05, 3.63) is 83.0 Å². The zero-order valence-corrected chi connectivity index (χ0v) is 22.1. The van der Waals surface area contributed by atoms with E-state index in [-0.39, 0.29) is 48.4 Å². The molecular formula is C28H24ClF2N5O4. The molecule has 0 bridgehead atoms. The van der Waals surface area contributed by atoms with Crippen LogP contribution in [-0.2, 0) is 22.7 Å². The van der Waals surface area contributed by atoms with Gasteiger partial charge in [0.15, 0.2) is 5.78 Å². The summed E-state index contributed by atoms with van der Waals surface area (Å²) in [5, 5.41) is 3.10. The lowest BCUT2D eigenvalue weighted by atomic mass is 10.1. The number of carbonyl (C=O) groups is 3. The van der Waals surface area contributed by atoms with Crippen LogP contribution in [0.1, 0.15) is 29.3 Å². The summed E-state index contributed by atoms with van der Waals surface area (Å²) in [6.45, 7) is 0.731. The van der Waals surface area contributed by atoms with Crippen LogP contribution in [0.4, 0.5) is 8.78 Å². The van der Waals surface area contributed by atoms with E-state index in [2.05, 4.69) is 15.3 Å². The van der Waals surface area contributed by atoms with Crippen molar-refractivity contribution in [2.45, 2.75) is 38.6 Å². The minimum Gasteiger partial charge on any atom is -0.424 e. The van der Waals surface area contributed by atoms with Gasteiger partial charge in [-0.15, -0.1) is 0 Å². The number of likely N-dealkylation sites (tertiary alicyclic amines) is 1. The highest BCUT2D eigenvalue weighted by atomic mass is 35.5. The van der Waals surface area contributed by atoms with E-state index in [0.29, 0.717) is 22.2 Å². The number of benzene rings is 2. The molecule has 0 spiro atoms. The molecule has 3 heterocycles. The number of hydrogen-bond donors (Lipinski definition) is 1. The Labute approximate surface area is 232 Å². The second-order valence-corrected chi connectivity index (χ2v) is 9.77. The highest BCUT2D eigenvalue weighted by Gasteiger charge is 2.39. The van der Waals surface area contributed by atoms with Crippen molar-refractivity contribution in [3.63, 3.8) is 0 Å². The lowest BCUT2D eigenvalue weighted by molar-refractivity contribution is -0.139. The fourth-order valence-corrected chi connectivity index (χ4v) is 4.91. The van der Waals surface area contributed by atoms with E-state index in [1.165, 1.54) is 36.4 Å². The number of rotatable bonds is 8. The number of hydrogen-bond acceptors (Lipinski definition) is 6. The van der Waals surface area contributed by atoms with E-state index < -0.39 is 29.8 Å². The Hall–Kier alpha value is -4.38. The Morgan fingerprint density at radius 3 is 2.67 bits per heavy atom. The fraction of sp³-hybridized carbons (Fsp3) is 0.250. The van der Waals surface area contributed by atoms with Crippen molar-refractivity contribution in [1.82, 2.24) is 24.8 Å². The number of ether oxygens (including phenoxy) is 1. The first-order chi connectivity index (χ1) is 19.2. The van der Waals surface area contributed by atoms with Crippen LogP contribution < -0.4 is 10.1 Å². The molecule has 2 aromatic carbocycles. The van der Waals surface area contributed by atoms with Crippen LogP contribution in [0.5, 0.6) is 11.8 Å². The van der Waals surface area contributed by atoms with Crippen molar-refractivity contribution < 1.29 is 27.9 Å². The number of carbonyl (C=O) groups excluding carboxylic acids is 3. The summed E-state index contributed by atoms with van der Waals surface area (Å²) < 4.78 is 35.9. The minimum atomic E-state index is -1.40. The van der Waals surface area contributed by atoms with E-state index >= 15 is 0 Å². The summed E-state index contributed by atoms with van der Waals surface area (Å²) in [6.07, 6.45) is 3.02. The standard InChI is InChI=1S/C28H24ClF2N5O4/c1-16(37)21-14-35(23-11-19(6-7-20(21)23)40-28-32-8-3-9-33-28)15-25(38)36-13-18(30)10-24(36)27(39)34-12-17-4-2-5-22(29)26(17)31/h2-9,11,14,18,24H,10,12-13,15H2,1H3,(H,34,39).